The van der Waals surface area contributed by atoms with Gasteiger partial charge < -0.3 is 9.47 Å². The number of imide groups is 1. The van der Waals surface area contributed by atoms with Gasteiger partial charge in [-0.25, -0.2) is 14.9 Å². The fraction of sp³-hybridized carbons (Fsp3) is 0.391. The Morgan fingerprint density at radius 2 is 1.63 bits per heavy atom. The largest absolute Gasteiger partial charge is 0.496 e. The Morgan fingerprint density at radius 3 is 2.33 bits per heavy atom. The van der Waals surface area contributed by atoms with E-state index in [-0.39, 0.29) is 17.9 Å². The molecule has 0 N–H and O–H groups in total. The molecule has 0 saturated carbocycles. The number of para-hydroxylation sites is 1. The van der Waals surface area contributed by atoms with E-state index >= 15 is 0 Å². The van der Waals surface area contributed by atoms with E-state index in [1.165, 1.54) is 4.90 Å². The van der Waals surface area contributed by atoms with Crippen LogP contribution in [0, 0.1) is 5.92 Å². The van der Waals surface area contributed by atoms with Crippen LogP contribution in [0.3, 0.4) is 0 Å². The minimum absolute atomic E-state index is 0.153. The minimum atomic E-state index is -0.471. The lowest BCUT2D eigenvalue weighted by Gasteiger charge is -2.30. The third-order valence-corrected chi connectivity index (χ3v) is 6.27. The SMILES string of the molecule is CCOc1ccc(N2C(=O)[C@@H]3[C@@H](C2=O)N2CCCN2[C@@H]3c2ccccc2OC)cc1. The average Bonchev–Trinajstić information content (AvgIpc) is 3.41. The van der Waals surface area contributed by atoms with Crippen molar-refractivity contribution in [1.29, 1.82) is 0 Å². The number of hydrogen-bond donors (Lipinski definition) is 0. The highest BCUT2D eigenvalue weighted by Gasteiger charge is 2.63. The van der Waals surface area contributed by atoms with Gasteiger partial charge in [0.25, 0.3) is 5.91 Å². The maximum absolute atomic E-state index is 13.6. The fourth-order valence-corrected chi connectivity index (χ4v) is 5.11. The van der Waals surface area contributed by atoms with Crippen molar-refractivity contribution in [2.24, 2.45) is 5.92 Å². The Kier molecular flexibility index (Phi) is 4.72. The summed E-state index contributed by atoms with van der Waals surface area (Å²) < 4.78 is 11.1. The number of carbonyl (C=O) groups is 2. The number of amides is 2. The lowest BCUT2D eigenvalue weighted by atomic mass is 9.89. The number of nitrogens with zero attached hydrogens (tertiary/aromatic N) is 3. The van der Waals surface area contributed by atoms with Crippen LogP contribution in [0.15, 0.2) is 48.5 Å². The highest BCUT2D eigenvalue weighted by molar-refractivity contribution is 6.24. The maximum atomic E-state index is 13.6. The van der Waals surface area contributed by atoms with Gasteiger partial charge in [-0.3, -0.25) is 9.59 Å². The standard InChI is InChI=1S/C23H25N3O4/c1-3-30-16-11-9-15(10-12-16)26-22(27)19-20(17-7-4-5-8-18(17)29-2)24-13-6-14-25(24)21(19)23(26)28/h4-5,7-12,19-21H,3,6,13-14H2,1-2H3/t19-,20+,21-/m0/s1. The van der Waals surface area contributed by atoms with E-state index in [4.69, 9.17) is 9.47 Å². The van der Waals surface area contributed by atoms with E-state index in [1.807, 2.05) is 31.2 Å². The molecule has 2 aromatic rings. The number of anilines is 1. The van der Waals surface area contributed by atoms with Crippen LogP contribution in [0.5, 0.6) is 11.5 Å². The lowest BCUT2D eigenvalue weighted by Crippen LogP contribution is -2.44. The number of carbonyl (C=O) groups excluding carboxylic acids is 2. The third-order valence-electron chi connectivity index (χ3n) is 6.27. The van der Waals surface area contributed by atoms with E-state index in [9.17, 15) is 9.59 Å². The summed E-state index contributed by atoms with van der Waals surface area (Å²) in [6.07, 6.45) is 0.972. The van der Waals surface area contributed by atoms with Gasteiger partial charge in [0.05, 0.1) is 31.4 Å². The average molecular weight is 407 g/mol. The lowest BCUT2D eigenvalue weighted by molar-refractivity contribution is -0.126. The van der Waals surface area contributed by atoms with Crippen LogP contribution >= 0.6 is 0 Å². The van der Waals surface area contributed by atoms with Crippen molar-refractivity contribution in [2.45, 2.75) is 25.4 Å². The zero-order valence-electron chi connectivity index (χ0n) is 17.2. The number of fused-ring (bicyclic) bond motifs is 3. The van der Waals surface area contributed by atoms with Gasteiger partial charge in [0.1, 0.15) is 17.5 Å². The molecule has 2 aromatic carbocycles. The molecule has 0 bridgehead atoms. The van der Waals surface area contributed by atoms with Gasteiger partial charge in [-0.05, 0) is 43.7 Å². The molecule has 5 rings (SSSR count). The third kappa shape index (κ3) is 2.73. The van der Waals surface area contributed by atoms with E-state index < -0.39 is 12.0 Å². The van der Waals surface area contributed by atoms with E-state index in [0.29, 0.717) is 12.3 Å². The van der Waals surface area contributed by atoms with Crippen molar-refractivity contribution in [3.05, 3.63) is 54.1 Å². The predicted molar refractivity (Wildman–Crippen MR) is 111 cm³/mol. The van der Waals surface area contributed by atoms with Crippen LogP contribution in [0.4, 0.5) is 5.69 Å². The van der Waals surface area contributed by atoms with Crippen LogP contribution in [0.25, 0.3) is 0 Å². The van der Waals surface area contributed by atoms with Gasteiger partial charge in [-0.15, -0.1) is 0 Å². The molecule has 7 heteroatoms. The molecule has 3 saturated heterocycles. The van der Waals surface area contributed by atoms with Crippen LogP contribution in [-0.2, 0) is 9.59 Å². The molecule has 0 spiro atoms. The highest BCUT2D eigenvalue weighted by atomic mass is 16.5. The van der Waals surface area contributed by atoms with Gasteiger partial charge in [0, 0.05) is 18.7 Å². The first-order chi connectivity index (χ1) is 14.7. The summed E-state index contributed by atoms with van der Waals surface area (Å²) >= 11 is 0. The fourth-order valence-electron chi connectivity index (χ4n) is 5.11. The molecule has 0 aliphatic carbocycles. The van der Waals surface area contributed by atoms with E-state index in [0.717, 1.165) is 36.6 Å². The molecule has 3 fully saturated rings. The number of rotatable bonds is 5. The molecule has 30 heavy (non-hydrogen) atoms. The van der Waals surface area contributed by atoms with Crippen LogP contribution in [-0.4, -0.2) is 54.7 Å². The second kappa shape index (κ2) is 7.41. The Morgan fingerprint density at radius 1 is 0.933 bits per heavy atom. The Balaban J connectivity index is 1.54. The molecule has 7 nitrogen and oxygen atoms in total. The number of hydrazine groups is 1. The number of hydrogen-bond acceptors (Lipinski definition) is 6. The Labute approximate surface area is 175 Å². The monoisotopic (exact) mass is 407 g/mol. The second-order valence-corrected chi connectivity index (χ2v) is 7.78. The van der Waals surface area contributed by atoms with E-state index in [1.54, 1.807) is 31.4 Å². The smallest absolute Gasteiger partial charge is 0.253 e. The van der Waals surface area contributed by atoms with Gasteiger partial charge in [0.2, 0.25) is 5.91 Å². The molecule has 3 atom stereocenters. The molecule has 0 aromatic heterocycles. The van der Waals surface area contributed by atoms with Crippen molar-refractivity contribution in [2.75, 3.05) is 31.7 Å². The van der Waals surface area contributed by atoms with Crippen LogP contribution in [0.2, 0.25) is 0 Å². The van der Waals surface area contributed by atoms with Crippen molar-refractivity contribution in [3.63, 3.8) is 0 Å². The summed E-state index contributed by atoms with van der Waals surface area (Å²) in [6, 6.07) is 14.3. The molecule has 0 radical (unpaired) electrons. The normalized spacial score (nSPS) is 26.2. The summed E-state index contributed by atoms with van der Waals surface area (Å²) in [5.41, 5.74) is 1.54. The van der Waals surface area contributed by atoms with Crippen LogP contribution < -0.4 is 14.4 Å². The first-order valence-corrected chi connectivity index (χ1v) is 10.4. The maximum Gasteiger partial charge on any atom is 0.253 e. The molecule has 0 unspecified atom stereocenters. The summed E-state index contributed by atoms with van der Waals surface area (Å²) in [5.74, 6) is 0.700. The highest BCUT2D eigenvalue weighted by Crippen LogP contribution is 2.50. The molecule has 156 valence electrons. The van der Waals surface area contributed by atoms with Gasteiger partial charge in [0.15, 0.2) is 0 Å². The zero-order valence-corrected chi connectivity index (χ0v) is 17.2. The molecular weight excluding hydrogens is 382 g/mol. The summed E-state index contributed by atoms with van der Waals surface area (Å²) in [4.78, 5) is 28.4. The van der Waals surface area contributed by atoms with Crippen molar-refractivity contribution in [3.8, 4) is 11.5 Å². The first kappa shape index (κ1) is 19.1. The second-order valence-electron chi connectivity index (χ2n) is 7.78. The predicted octanol–water partition coefficient (Wildman–Crippen LogP) is 2.63. The van der Waals surface area contributed by atoms with Crippen molar-refractivity contribution < 1.29 is 19.1 Å². The Bertz CT molecular complexity index is 977. The topological polar surface area (TPSA) is 62.3 Å². The quantitative estimate of drug-likeness (QED) is 0.710. The Hall–Kier alpha value is -2.90. The summed E-state index contributed by atoms with van der Waals surface area (Å²) in [5, 5.41) is 4.29. The van der Waals surface area contributed by atoms with Crippen LogP contribution in [0.1, 0.15) is 24.9 Å². The molecule has 3 heterocycles. The first-order valence-electron chi connectivity index (χ1n) is 10.4. The van der Waals surface area contributed by atoms with Gasteiger partial charge in [-0.2, -0.15) is 0 Å². The number of methoxy groups -OCH3 is 1. The molecule has 2 amide bonds. The minimum Gasteiger partial charge on any atom is -0.496 e. The number of ether oxygens (including phenoxy) is 2. The molecule has 3 aliphatic rings. The van der Waals surface area contributed by atoms with Crippen molar-refractivity contribution >= 4 is 17.5 Å². The molecular formula is C23H25N3O4. The van der Waals surface area contributed by atoms with Gasteiger partial charge >= 0.3 is 0 Å². The van der Waals surface area contributed by atoms with E-state index in [2.05, 4.69) is 10.0 Å². The molecule has 3 aliphatic heterocycles. The van der Waals surface area contributed by atoms with Gasteiger partial charge in [-0.1, -0.05) is 18.2 Å². The van der Waals surface area contributed by atoms with Crippen molar-refractivity contribution in [1.82, 2.24) is 10.0 Å². The number of benzene rings is 2. The summed E-state index contributed by atoms with van der Waals surface area (Å²) in [7, 11) is 1.64. The zero-order chi connectivity index (χ0) is 20.8. The summed E-state index contributed by atoms with van der Waals surface area (Å²) in [6.45, 7) is 4.10.